The number of esters is 1. The number of benzene rings is 1. The molecule has 0 aliphatic rings. The van der Waals surface area contributed by atoms with Crippen molar-refractivity contribution in [1.82, 2.24) is 5.32 Å². The van der Waals surface area contributed by atoms with Gasteiger partial charge in [-0.15, -0.1) is 0 Å². The average molecular weight is 254 g/mol. The van der Waals surface area contributed by atoms with Gasteiger partial charge in [-0.25, -0.2) is 9.18 Å². The molecule has 1 rings (SSSR count). The second-order valence-corrected chi connectivity index (χ2v) is 3.73. The molecule has 0 heterocycles. The third kappa shape index (κ3) is 3.44. The minimum absolute atomic E-state index is 0.0347. The number of hydrogen-bond acceptors (Lipinski definition) is 4. The maximum atomic E-state index is 13.4. The number of hydrogen-bond donors (Lipinski definition) is 2. The first-order valence-corrected chi connectivity index (χ1v) is 5.39. The number of nitrogen functional groups attached to an aromatic ring is 1. The molecular weight excluding hydrogens is 239 g/mol. The molecule has 5 nitrogen and oxygen atoms in total. The van der Waals surface area contributed by atoms with E-state index in [1.807, 2.05) is 0 Å². The van der Waals surface area contributed by atoms with Crippen molar-refractivity contribution in [3.63, 3.8) is 0 Å². The number of nitrogens with two attached hydrogens (primary N) is 1. The first-order chi connectivity index (χ1) is 8.45. The quantitative estimate of drug-likeness (QED) is 0.620. The zero-order chi connectivity index (χ0) is 13.7. The van der Waals surface area contributed by atoms with Crippen molar-refractivity contribution in [3.8, 4) is 0 Å². The number of carbonyl (C=O) groups is 2. The summed E-state index contributed by atoms with van der Waals surface area (Å²) in [5, 5.41) is 2.39. The first kappa shape index (κ1) is 14.0. The second kappa shape index (κ2) is 6.00. The number of anilines is 1. The highest BCUT2D eigenvalue weighted by Gasteiger charge is 2.12. The Kier molecular flexibility index (Phi) is 4.65. The van der Waals surface area contributed by atoms with Crippen LogP contribution < -0.4 is 11.1 Å². The summed E-state index contributed by atoms with van der Waals surface area (Å²) in [5.74, 6) is -1.50. The molecule has 0 unspecified atom stereocenters. The van der Waals surface area contributed by atoms with Crippen LogP contribution in [0.1, 0.15) is 22.3 Å². The Morgan fingerprint density at radius 1 is 1.44 bits per heavy atom. The van der Waals surface area contributed by atoms with Gasteiger partial charge in [-0.3, -0.25) is 4.79 Å². The van der Waals surface area contributed by atoms with Crippen molar-refractivity contribution < 1.29 is 18.7 Å². The summed E-state index contributed by atoms with van der Waals surface area (Å²) in [6, 6.07) is 2.41. The highest BCUT2D eigenvalue weighted by Crippen LogP contribution is 2.18. The lowest BCUT2D eigenvalue weighted by Gasteiger charge is -2.07. The van der Waals surface area contributed by atoms with E-state index in [0.29, 0.717) is 0 Å². The fraction of sp³-hybridized carbons (Fsp3) is 0.333. The highest BCUT2D eigenvalue weighted by atomic mass is 19.1. The summed E-state index contributed by atoms with van der Waals surface area (Å²) in [5.41, 5.74) is 6.06. The van der Waals surface area contributed by atoms with Crippen LogP contribution in [0.2, 0.25) is 0 Å². The third-order valence-corrected chi connectivity index (χ3v) is 2.46. The number of ether oxygens (including phenoxy) is 1. The van der Waals surface area contributed by atoms with Gasteiger partial charge in [-0.1, -0.05) is 0 Å². The van der Waals surface area contributed by atoms with Gasteiger partial charge in [0.25, 0.3) is 0 Å². The molecule has 3 N–H and O–H groups in total. The molecule has 0 bridgehead atoms. The smallest absolute Gasteiger partial charge is 0.338 e. The van der Waals surface area contributed by atoms with E-state index in [1.165, 1.54) is 20.0 Å². The van der Waals surface area contributed by atoms with Gasteiger partial charge in [0.05, 0.1) is 12.0 Å². The van der Waals surface area contributed by atoms with E-state index in [1.54, 1.807) is 0 Å². The van der Waals surface area contributed by atoms with Gasteiger partial charge in [0.1, 0.15) is 12.4 Å². The Morgan fingerprint density at radius 3 is 2.67 bits per heavy atom. The molecule has 1 aromatic rings. The van der Waals surface area contributed by atoms with Crippen molar-refractivity contribution in [1.29, 1.82) is 0 Å². The number of halogens is 1. The van der Waals surface area contributed by atoms with Crippen LogP contribution in [0.15, 0.2) is 12.1 Å². The lowest BCUT2D eigenvalue weighted by atomic mass is 10.1. The van der Waals surface area contributed by atoms with E-state index in [0.717, 1.165) is 6.07 Å². The van der Waals surface area contributed by atoms with Gasteiger partial charge in [0.2, 0.25) is 5.91 Å². The molecule has 1 aromatic carbocycles. The molecule has 0 spiro atoms. The molecule has 0 aliphatic heterocycles. The molecule has 0 saturated carbocycles. The van der Waals surface area contributed by atoms with Crippen LogP contribution >= 0.6 is 0 Å². The van der Waals surface area contributed by atoms with Crippen LogP contribution in [0, 0.1) is 12.7 Å². The third-order valence-electron chi connectivity index (χ3n) is 2.46. The second-order valence-electron chi connectivity index (χ2n) is 3.73. The fourth-order valence-corrected chi connectivity index (χ4v) is 1.26. The lowest BCUT2D eigenvalue weighted by molar-refractivity contribution is -0.121. The van der Waals surface area contributed by atoms with Crippen LogP contribution in [-0.2, 0) is 9.53 Å². The monoisotopic (exact) mass is 254 g/mol. The lowest BCUT2D eigenvalue weighted by Crippen LogP contribution is -2.20. The highest BCUT2D eigenvalue weighted by molar-refractivity contribution is 5.91. The van der Waals surface area contributed by atoms with Crippen molar-refractivity contribution in [2.24, 2.45) is 0 Å². The molecule has 0 saturated heterocycles. The Labute approximate surface area is 104 Å². The summed E-state index contributed by atoms with van der Waals surface area (Å²) in [7, 11) is 1.49. The van der Waals surface area contributed by atoms with Crippen LogP contribution in [0.3, 0.4) is 0 Å². The molecule has 18 heavy (non-hydrogen) atoms. The summed E-state index contributed by atoms with van der Waals surface area (Å²) >= 11 is 0. The standard InChI is InChI=1S/C12H15FN2O3/c1-7-9(13)5-8(6-10(7)14)12(17)18-4-3-11(16)15-2/h5-6H,3-4,14H2,1-2H3,(H,15,16). The zero-order valence-corrected chi connectivity index (χ0v) is 10.2. The maximum absolute atomic E-state index is 13.4. The van der Waals surface area contributed by atoms with E-state index in [9.17, 15) is 14.0 Å². The Bertz CT molecular complexity index is 451. The van der Waals surface area contributed by atoms with Crippen molar-refractivity contribution in [2.45, 2.75) is 13.3 Å². The van der Waals surface area contributed by atoms with E-state index in [2.05, 4.69) is 5.32 Å². The Balaban J connectivity index is 2.65. The summed E-state index contributed by atoms with van der Waals surface area (Å²) in [6.45, 7) is 1.46. The molecule has 0 radical (unpaired) electrons. The predicted octanol–water partition coefficient (Wildman–Crippen LogP) is 1.01. The zero-order valence-electron chi connectivity index (χ0n) is 10.2. The molecular formula is C12H15FN2O3. The number of rotatable bonds is 4. The van der Waals surface area contributed by atoms with E-state index < -0.39 is 11.8 Å². The summed E-state index contributed by atoms with van der Waals surface area (Å²) in [6.07, 6.45) is 0.0616. The minimum atomic E-state index is -0.704. The molecule has 0 aromatic heterocycles. The van der Waals surface area contributed by atoms with Crippen LogP contribution in [0.4, 0.5) is 10.1 Å². The summed E-state index contributed by atoms with van der Waals surface area (Å²) in [4.78, 5) is 22.5. The van der Waals surface area contributed by atoms with E-state index in [-0.39, 0.29) is 35.7 Å². The minimum Gasteiger partial charge on any atom is -0.462 e. The number of carbonyl (C=O) groups excluding carboxylic acids is 2. The number of nitrogens with one attached hydrogen (secondary N) is 1. The van der Waals surface area contributed by atoms with Gasteiger partial charge in [0.15, 0.2) is 0 Å². The summed E-state index contributed by atoms with van der Waals surface area (Å²) < 4.78 is 18.2. The average Bonchev–Trinajstić information content (AvgIpc) is 2.34. The molecule has 6 heteroatoms. The molecule has 0 aliphatic carbocycles. The van der Waals surface area contributed by atoms with E-state index in [4.69, 9.17) is 10.5 Å². The van der Waals surface area contributed by atoms with Crippen molar-refractivity contribution in [2.75, 3.05) is 19.4 Å². The van der Waals surface area contributed by atoms with Crippen molar-refractivity contribution >= 4 is 17.6 Å². The van der Waals surface area contributed by atoms with Gasteiger partial charge in [-0.2, -0.15) is 0 Å². The van der Waals surface area contributed by atoms with Gasteiger partial charge in [0, 0.05) is 18.3 Å². The molecule has 0 atom stereocenters. The topological polar surface area (TPSA) is 81.4 Å². The normalized spacial score (nSPS) is 9.94. The van der Waals surface area contributed by atoms with Crippen molar-refractivity contribution in [3.05, 3.63) is 29.1 Å². The SMILES string of the molecule is CNC(=O)CCOC(=O)c1cc(N)c(C)c(F)c1. The van der Waals surface area contributed by atoms with Crippen LogP contribution in [0.5, 0.6) is 0 Å². The molecule has 1 amide bonds. The Morgan fingerprint density at radius 2 is 2.11 bits per heavy atom. The Hall–Kier alpha value is -2.11. The van der Waals surface area contributed by atoms with Gasteiger partial charge in [-0.05, 0) is 19.1 Å². The predicted molar refractivity (Wildman–Crippen MR) is 64.5 cm³/mol. The number of amides is 1. The van der Waals surface area contributed by atoms with Crippen LogP contribution in [-0.4, -0.2) is 25.5 Å². The van der Waals surface area contributed by atoms with E-state index >= 15 is 0 Å². The maximum Gasteiger partial charge on any atom is 0.338 e. The first-order valence-electron chi connectivity index (χ1n) is 5.39. The molecule has 0 fully saturated rings. The van der Waals surface area contributed by atoms with Gasteiger partial charge < -0.3 is 15.8 Å². The largest absolute Gasteiger partial charge is 0.462 e. The fourth-order valence-electron chi connectivity index (χ4n) is 1.26. The van der Waals surface area contributed by atoms with Gasteiger partial charge >= 0.3 is 5.97 Å². The molecule has 98 valence electrons. The van der Waals surface area contributed by atoms with Crippen LogP contribution in [0.25, 0.3) is 0 Å².